The van der Waals surface area contributed by atoms with Crippen molar-refractivity contribution in [1.82, 2.24) is 9.29 Å². The van der Waals surface area contributed by atoms with Crippen LogP contribution in [0.25, 0.3) is 0 Å². The Hall–Kier alpha value is -1.38. The van der Waals surface area contributed by atoms with Crippen LogP contribution in [-0.4, -0.2) is 42.3 Å². The number of carboxylic acid groups (broad SMARTS) is 1. The summed E-state index contributed by atoms with van der Waals surface area (Å²) < 4.78 is 28.0. The Kier molecular flexibility index (Phi) is 4.17. The maximum Gasteiger partial charge on any atom is 0.352 e. The Morgan fingerprint density at radius 2 is 2.20 bits per heavy atom. The van der Waals surface area contributed by atoms with Gasteiger partial charge >= 0.3 is 5.97 Å². The van der Waals surface area contributed by atoms with E-state index in [2.05, 4.69) is 4.72 Å². The van der Waals surface area contributed by atoms with E-state index in [1.807, 2.05) is 0 Å². The summed E-state index contributed by atoms with van der Waals surface area (Å²) in [7, 11) is -3.75. The molecule has 1 atom stereocenters. The number of nitrogens with zero attached hydrogens (tertiary/aromatic N) is 1. The van der Waals surface area contributed by atoms with Crippen molar-refractivity contribution < 1.29 is 23.4 Å². The van der Waals surface area contributed by atoms with Gasteiger partial charge in [-0.2, -0.15) is 0 Å². The average Bonchev–Trinajstić information content (AvgIpc) is 3.13. The number of aliphatic hydroxyl groups excluding tert-OH is 1. The number of carbonyl (C=O) groups is 1. The number of rotatable bonds is 7. The molecule has 3 N–H and O–H groups in total. The molecule has 0 spiro atoms. The Balaban J connectivity index is 2.23. The van der Waals surface area contributed by atoms with Crippen LogP contribution in [0, 0.1) is 5.92 Å². The van der Waals surface area contributed by atoms with E-state index in [0.29, 0.717) is 0 Å². The summed E-state index contributed by atoms with van der Waals surface area (Å²) in [5.41, 5.74) is -0.0110. The van der Waals surface area contributed by atoms with E-state index in [1.165, 1.54) is 16.8 Å². The first-order chi connectivity index (χ1) is 9.35. The van der Waals surface area contributed by atoms with Gasteiger partial charge in [0.1, 0.15) is 10.6 Å². The molecule has 112 valence electrons. The molecule has 0 radical (unpaired) electrons. The molecule has 1 aromatic rings. The van der Waals surface area contributed by atoms with Gasteiger partial charge in [0, 0.05) is 25.4 Å². The van der Waals surface area contributed by atoms with Gasteiger partial charge in [0.15, 0.2) is 0 Å². The second kappa shape index (κ2) is 5.55. The zero-order valence-corrected chi connectivity index (χ0v) is 11.9. The van der Waals surface area contributed by atoms with Crippen LogP contribution in [0.4, 0.5) is 0 Å². The standard InChI is InChI=1S/C12H18N2O5S/c1-8(7-15)5-13-20(18,19)10-4-11(12(16)17)14(6-10)9-2-3-9/h4,6,8-9,13,15H,2-3,5,7H2,1H3,(H,16,17). The van der Waals surface area contributed by atoms with Crippen LogP contribution in [0.1, 0.15) is 36.3 Å². The molecular formula is C12H18N2O5S. The van der Waals surface area contributed by atoms with E-state index >= 15 is 0 Å². The summed E-state index contributed by atoms with van der Waals surface area (Å²) in [6.07, 6.45) is 3.10. The number of hydrogen-bond acceptors (Lipinski definition) is 4. The van der Waals surface area contributed by atoms with Gasteiger partial charge in [-0.25, -0.2) is 17.9 Å². The van der Waals surface area contributed by atoms with Crippen molar-refractivity contribution in [2.45, 2.75) is 30.7 Å². The molecule has 0 amide bonds. The highest BCUT2D eigenvalue weighted by Crippen LogP contribution is 2.37. The highest BCUT2D eigenvalue weighted by Gasteiger charge is 2.30. The molecule has 20 heavy (non-hydrogen) atoms. The topological polar surface area (TPSA) is 109 Å². The monoisotopic (exact) mass is 302 g/mol. The predicted molar refractivity (Wildman–Crippen MR) is 71.1 cm³/mol. The molecule has 1 unspecified atom stereocenters. The quantitative estimate of drug-likeness (QED) is 0.676. The lowest BCUT2D eigenvalue weighted by atomic mass is 10.2. The van der Waals surface area contributed by atoms with E-state index < -0.39 is 16.0 Å². The third kappa shape index (κ3) is 3.20. The highest BCUT2D eigenvalue weighted by molar-refractivity contribution is 7.89. The predicted octanol–water partition coefficient (Wildman–Crippen LogP) is 0.428. The van der Waals surface area contributed by atoms with Crippen LogP contribution in [0.5, 0.6) is 0 Å². The van der Waals surface area contributed by atoms with E-state index in [9.17, 15) is 13.2 Å². The van der Waals surface area contributed by atoms with Crippen LogP contribution < -0.4 is 4.72 Å². The summed E-state index contributed by atoms with van der Waals surface area (Å²) >= 11 is 0. The van der Waals surface area contributed by atoms with E-state index in [0.717, 1.165) is 12.8 Å². The minimum absolute atomic E-state index is 0.0110. The highest BCUT2D eigenvalue weighted by atomic mass is 32.2. The number of aromatic carboxylic acids is 1. The SMILES string of the molecule is CC(CO)CNS(=O)(=O)c1cc(C(=O)O)n(C2CC2)c1. The molecule has 0 aliphatic heterocycles. The molecule has 1 heterocycles. The minimum Gasteiger partial charge on any atom is -0.477 e. The molecule has 0 aromatic carbocycles. The lowest BCUT2D eigenvalue weighted by molar-refractivity contribution is 0.0685. The van der Waals surface area contributed by atoms with Crippen molar-refractivity contribution in [1.29, 1.82) is 0 Å². The number of hydrogen-bond donors (Lipinski definition) is 3. The normalized spacial score (nSPS) is 17.1. The summed E-state index contributed by atoms with van der Waals surface area (Å²) in [5.74, 6) is -1.34. The van der Waals surface area contributed by atoms with Crippen LogP contribution in [0.15, 0.2) is 17.2 Å². The van der Waals surface area contributed by atoms with Gasteiger partial charge in [-0.15, -0.1) is 0 Å². The number of aliphatic hydroxyl groups is 1. The second-order valence-electron chi connectivity index (χ2n) is 5.14. The number of sulfonamides is 1. The molecule has 8 heteroatoms. The van der Waals surface area contributed by atoms with Crippen LogP contribution >= 0.6 is 0 Å². The molecular weight excluding hydrogens is 284 g/mol. The third-order valence-corrected chi connectivity index (χ3v) is 4.62. The molecule has 1 saturated carbocycles. The first-order valence-electron chi connectivity index (χ1n) is 6.41. The first-order valence-corrected chi connectivity index (χ1v) is 7.89. The molecule has 0 bridgehead atoms. The fraction of sp³-hybridized carbons (Fsp3) is 0.583. The van der Waals surface area contributed by atoms with Gasteiger partial charge in [0.2, 0.25) is 10.0 Å². The second-order valence-corrected chi connectivity index (χ2v) is 6.91. The van der Waals surface area contributed by atoms with Crippen molar-refractivity contribution in [2.24, 2.45) is 5.92 Å². The maximum atomic E-state index is 12.1. The molecule has 2 rings (SSSR count). The van der Waals surface area contributed by atoms with Crippen molar-refractivity contribution in [2.75, 3.05) is 13.2 Å². The first kappa shape index (κ1) is 15.0. The Morgan fingerprint density at radius 1 is 1.55 bits per heavy atom. The van der Waals surface area contributed by atoms with Gasteiger partial charge < -0.3 is 14.8 Å². The molecule has 0 saturated heterocycles. The molecule has 1 fully saturated rings. The van der Waals surface area contributed by atoms with Crippen molar-refractivity contribution in [3.63, 3.8) is 0 Å². The van der Waals surface area contributed by atoms with Crippen LogP contribution in [-0.2, 0) is 10.0 Å². The Morgan fingerprint density at radius 3 is 2.70 bits per heavy atom. The Labute approximate surface area is 117 Å². The Bertz CT molecular complexity index is 603. The number of carboxylic acids is 1. The van der Waals surface area contributed by atoms with Gasteiger partial charge in [0.05, 0.1) is 0 Å². The van der Waals surface area contributed by atoms with Gasteiger partial charge in [-0.05, 0) is 24.8 Å². The largest absolute Gasteiger partial charge is 0.477 e. The summed E-state index contributed by atoms with van der Waals surface area (Å²) in [5, 5.41) is 18.0. The van der Waals surface area contributed by atoms with Crippen molar-refractivity contribution in [3.05, 3.63) is 18.0 Å². The zero-order chi connectivity index (χ0) is 14.9. The fourth-order valence-electron chi connectivity index (χ4n) is 1.83. The van der Waals surface area contributed by atoms with Crippen LogP contribution in [0.3, 0.4) is 0 Å². The van der Waals surface area contributed by atoms with E-state index in [4.69, 9.17) is 10.2 Å². The van der Waals surface area contributed by atoms with Crippen molar-refractivity contribution in [3.8, 4) is 0 Å². The van der Waals surface area contributed by atoms with Gasteiger partial charge in [0.25, 0.3) is 0 Å². The smallest absolute Gasteiger partial charge is 0.352 e. The molecule has 7 nitrogen and oxygen atoms in total. The lowest BCUT2D eigenvalue weighted by Gasteiger charge is -2.09. The third-order valence-electron chi connectivity index (χ3n) is 3.23. The summed E-state index contributed by atoms with van der Waals surface area (Å²) in [6.45, 7) is 1.70. The van der Waals surface area contributed by atoms with E-state index in [-0.39, 0.29) is 35.7 Å². The zero-order valence-electron chi connectivity index (χ0n) is 11.1. The molecule has 1 aromatic heterocycles. The van der Waals surface area contributed by atoms with Crippen LogP contribution in [0.2, 0.25) is 0 Å². The summed E-state index contributed by atoms with van der Waals surface area (Å²) in [6, 6.07) is 1.26. The van der Waals surface area contributed by atoms with Gasteiger partial charge in [-0.3, -0.25) is 0 Å². The number of aromatic nitrogens is 1. The van der Waals surface area contributed by atoms with Gasteiger partial charge in [-0.1, -0.05) is 6.92 Å². The maximum absolute atomic E-state index is 12.1. The minimum atomic E-state index is -3.75. The fourth-order valence-corrected chi connectivity index (χ4v) is 3.02. The van der Waals surface area contributed by atoms with E-state index in [1.54, 1.807) is 6.92 Å². The molecule has 1 aliphatic carbocycles. The number of nitrogens with one attached hydrogen (secondary N) is 1. The average molecular weight is 302 g/mol. The van der Waals surface area contributed by atoms with Crippen molar-refractivity contribution >= 4 is 16.0 Å². The lowest BCUT2D eigenvalue weighted by Crippen LogP contribution is -2.29. The summed E-state index contributed by atoms with van der Waals surface area (Å²) in [4.78, 5) is 11.1. The molecule has 1 aliphatic rings.